The third-order valence-corrected chi connectivity index (χ3v) is 16.2. The first kappa shape index (κ1) is 51.5. The van der Waals surface area contributed by atoms with Crippen molar-refractivity contribution in [2.45, 2.75) is 40.0 Å². The zero-order chi connectivity index (χ0) is 56.8. The molecule has 0 atom stereocenters. The maximum atomic E-state index is 14.6. The second-order valence-corrected chi connectivity index (χ2v) is 21.2. The molecule has 0 saturated carbocycles. The molecular formula is C73H49F6N3. The Balaban J connectivity index is 1.10. The van der Waals surface area contributed by atoms with E-state index in [-0.39, 0.29) is 22.8 Å². The number of alkyl halides is 6. The average Bonchev–Trinajstić information content (AvgIpc) is 2.98. The Morgan fingerprint density at radius 1 is 0.317 bits per heavy atom. The lowest BCUT2D eigenvalue weighted by Crippen LogP contribution is -2.11. The largest absolute Gasteiger partial charge is 0.416 e. The molecule has 11 aromatic carbocycles. The van der Waals surface area contributed by atoms with E-state index < -0.39 is 23.5 Å². The summed E-state index contributed by atoms with van der Waals surface area (Å²) in [5.41, 5.74) is 15.5. The second-order valence-electron chi connectivity index (χ2n) is 21.2. The molecule has 13 aromatic rings. The number of aromatic nitrogens is 2. The van der Waals surface area contributed by atoms with Gasteiger partial charge >= 0.3 is 12.4 Å². The van der Waals surface area contributed by atoms with Crippen LogP contribution in [0.1, 0.15) is 38.9 Å². The molecule has 0 spiro atoms. The van der Waals surface area contributed by atoms with Crippen LogP contribution in [0.4, 0.5) is 26.3 Å². The maximum Gasteiger partial charge on any atom is 0.416 e. The van der Waals surface area contributed by atoms with Gasteiger partial charge in [0.2, 0.25) is 0 Å². The quantitative estimate of drug-likeness (QED) is 0.140. The Bertz CT molecular complexity index is 4560. The SMILES string of the molecule is Cc1ccccc1-c1ccc2c(c1)c1cc(-c3ccccc3C)ccc1n2-c1ccc(C#N)c(-c2cc(-c3cc(C(F)(F)F)cc(C(F)(F)F)c3)ccc2-n2c3ccc(-c4ccccc4C)cc3c3cc(-c4ccccc4C)ccc32)c1. The molecule has 13 rings (SSSR count). The number of benzene rings is 11. The Morgan fingerprint density at radius 2 is 0.683 bits per heavy atom. The van der Waals surface area contributed by atoms with E-state index in [9.17, 15) is 31.6 Å². The van der Waals surface area contributed by atoms with Gasteiger partial charge in [-0.2, -0.15) is 31.6 Å². The lowest BCUT2D eigenvalue weighted by Gasteiger charge is -2.19. The fourth-order valence-electron chi connectivity index (χ4n) is 12.1. The van der Waals surface area contributed by atoms with Crippen molar-refractivity contribution >= 4 is 43.6 Å². The van der Waals surface area contributed by atoms with Crippen LogP contribution in [-0.4, -0.2) is 9.13 Å². The molecule has 0 aliphatic carbocycles. The van der Waals surface area contributed by atoms with Gasteiger partial charge in [-0.05, 0) is 203 Å². The molecule has 0 amide bonds. The van der Waals surface area contributed by atoms with E-state index in [4.69, 9.17) is 0 Å². The van der Waals surface area contributed by atoms with Gasteiger partial charge in [0, 0.05) is 38.4 Å². The summed E-state index contributed by atoms with van der Waals surface area (Å²) in [6, 6.07) is 72.8. The van der Waals surface area contributed by atoms with E-state index >= 15 is 0 Å². The Kier molecular flexibility index (Phi) is 12.4. The summed E-state index contributed by atoms with van der Waals surface area (Å²) in [6.07, 6.45) is -10.2. The van der Waals surface area contributed by atoms with Gasteiger partial charge in [-0.1, -0.05) is 127 Å². The fraction of sp³-hybridized carbons (Fsp3) is 0.0822. The average molecular weight is 1080 g/mol. The van der Waals surface area contributed by atoms with E-state index in [0.717, 1.165) is 123 Å². The van der Waals surface area contributed by atoms with Crippen molar-refractivity contribution in [3.05, 3.63) is 263 Å². The number of nitriles is 1. The van der Waals surface area contributed by atoms with Crippen LogP contribution in [0.2, 0.25) is 0 Å². The van der Waals surface area contributed by atoms with Crippen molar-refractivity contribution in [3.63, 3.8) is 0 Å². The molecule has 9 heteroatoms. The maximum absolute atomic E-state index is 14.6. The van der Waals surface area contributed by atoms with E-state index in [1.807, 2.05) is 60.7 Å². The van der Waals surface area contributed by atoms with Crippen LogP contribution >= 0.6 is 0 Å². The van der Waals surface area contributed by atoms with Crippen molar-refractivity contribution in [2.75, 3.05) is 0 Å². The molecular weight excluding hydrogens is 1030 g/mol. The van der Waals surface area contributed by atoms with Gasteiger partial charge < -0.3 is 9.13 Å². The third kappa shape index (κ3) is 8.88. The molecule has 0 bridgehead atoms. The van der Waals surface area contributed by atoms with Crippen molar-refractivity contribution in [2.24, 2.45) is 0 Å². The molecule has 2 aromatic heterocycles. The van der Waals surface area contributed by atoms with E-state index in [0.29, 0.717) is 22.5 Å². The minimum Gasteiger partial charge on any atom is -0.309 e. The standard InChI is InChI=1S/C73H49F6N3/c1-43-13-5-9-17-57(43)48-23-29-67-63(36-48)64-37-49(58-18-10-6-14-44(58)2)24-30-68(64)81(67)56-27-21-52(42-80)61(41-56)62-35-47(53-33-54(72(74,75)76)40-55(34-53)73(77,78)79)22-28-69(62)82-70-31-25-50(59-19-11-7-15-45(59)3)38-65(70)66-39-51(26-32-71(66)82)60-20-12-8-16-46(60)4/h5-41H,1-4H3. The third-order valence-electron chi connectivity index (χ3n) is 16.2. The summed E-state index contributed by atoms with van der Waals surface area (Å²) in [4.78, 5) is 0. The molecule has 0 fully saturated rings. The molecule has 0 radical (unpaired) electrons. The van der Waals surface area contributed by atoms with E-state index in [1.165, 1.54) is 0 Å². The van der Waals surface area contributed by atoms with Gasteiger partial charge in [-0.15, -0.1) is 0 Å². The smallest absolute Gasteiger partial charge is 0.309 e. The summed E-state index contributed by atoms with van der Waals surface area (Å²) in [7, 11) is 0. The molecule has 3 nitrogen and oxygen atoms in total. The lowest BCUT2D eigenvalue weighted by atomic mass is 9.92. The summed E-state index contributed by atoms with van der Waals surface area (Å²) < 4.78 is 91.9. The first-order valence-electron chi connectivity index (χ1n) is 26.9. The Hall–Kier alpha value is -9.91. The van der Waals surface area contributed by atoms with Crippen molar-refractivity contribution in [1.82, 2.24) is 9.13 Å². The predicted octanol–water partition coefficient (Wildman–Crippen LogP) is 21.0. The number of hydrogen-bond acceptors (Lipinski definition) is 1. The van der Waals surface area contributed by atoms with Crippen LogP contribution in [0.3, 0.4) is 0 Å². The summed E-state index contributed by atoms with van der Waals surface area (Å²) in [5.74, 6) is 0. The zero-order valence-electron chi connectivity index (χ0n) is 45.0. The van der Waals surface area contributed by atoms with Crippen LogP contribution in [0.15, 0.2) is 224 Å². The van der Waals surface area contributed by atoms with Crippen LogP contribution in [0.5, 0.6) is 0 Å². The van der Waals surface area contributed by atoms with Gasteiger partial charge in [0.25, 0.3) is 0 Å². The lowest BCUT2D eigenvalue weighted by molar-refractivity contribution is -0.143. The topological polar surface area (TPSA) is 33.6 Å². The van der Waals surface area contributed by atoms with Crippen LogP contribution in [0, 0.1) is 39.0 Å². The van der Waals surface area contributed by atoms with Gasteiger partial charge in [0.15, 0.2) is 0 Å². The number of hydrogen-bond donors (Lipinski definition) is 0. The van der Waals surface area contributed by atoms with E-state index in [2.05, 4.69) is 164 Å². The first-order chi connectivity index (χ1) is 39.5. The number of nitrogens with zero attached hydrogens (tertiary/aromatic N) is 3. The van der Waals surface area contributed by atoms with E-state index in [1.54, 1.807) is 24.3 Å². The number of rotatable bonds is 8. The molecule has 2 heterocycles. The number of halogens is 6. The Labute approximate surface area is 469 Å². The monoisotopic (exact) mass is 1080 g/mol. The predicted molar refractivity (Wildman–Crippen MR) is 321 cm³/mol. The highest BCUT2D eigenvalue weighted by Gasteiger charge is 2.37. The van der Waals surface area contributed by atoms with Crippen molar-refractivity contribution in [3.8, 4) is 84.2 Å². The van der Waals surface area contributed by atoms with Crippen molar-refractivity contribution < 1.29 is 26.3 Å². The summed E-state index contributed by atoms with van der Waals surface area (Å²) >= 11 is 0. The minimum atomic E-state index is -5.08. The molecule has 398 valence electrons. The van der Waals surface area contributed by atoms with Gasteiger partial charge in [-0.3, -0.25) is 0 Å². The highest BCUT2D eigenvalue weighted by molar-refractivity contribution is 6.14. The first-order valence-corrected chi connectivity index (χ1v) is 26.9. The van der Waals surface area contributed by atoms with Crippen LogP contribution in [0.25, 0.3) is 122 Å². The molecule has 0 aliphatic heterocycles. The molecule has 0 N–H and O–H groups in total. The van der Waals surface area contributed by atoms with Crippen LogP contribution in [-0.2, 0) is 12.4 Å². The highest BCUT2D eigenvalue weighted by atomic mass is 19.4. The van der Waals surface area contributed by atoms with Gasteiger partial charge in [0.05, 0.1) is 50.5 Å². The zero-order valence-corrected chi connectivity index (χ0v) is 45.0. The van der Waals surface area contributed by atoms with Crippen molar-refractivity contribution in [1.29, 1.82) is 5.26 Å². The second kappa shape index (κ2) is 19.7. The fourth-order valence-corrected chi connectivity index (χ4v) is 12.1. The molecule has 0 unspecified atom stereocenters. The number of aryl methyl sites for hydroxylation is 4. The van der Waals surface area contributed by atoms with Gasteiger partial charge in [-0.25, -0.2) is 0 Å². The van der Waals surface area contributed by atoms with Crippen LogP contribution < -0.4 is 0 Å². The molecule has 82 heavy (non-hydrogen) atoms. The number of fused-ring (bicyclic) bond motifs is 6. The minimum absolute atomic E-state index is 0.0958. The highest BCUT2D eigenvalue weighted by Crippen LogP contribution is 2.46. The van der Waals surface area contributed by atoms with Gasteiger partial charge in [0.1, 0.15) is 0 Å². The summed E-state index contributed by atoms with van der Waals surface area (Å²) in [5, 5.41) is 15.0. The summed E-state index contributed by atoms with van der Waals surface area (Å²) in [6.45, 7) is 8.32. The molecule has 0 aliphatic rings. The Morgan fingerprint density at radius 3 is 1.05 bits per heavy atom. The molecule has 0 saturated heterocycles. The normalized spacial score (nSPS) is 12.0.